The van der Waals surface area contributed by atoms with Gasteiger partial charge in [0.05, 0.1) is 0 Å². The third kappa shape index (κ3) is 1.09. The topological polar surface area (TPSA) is 17.1 Å². The molecule has 0 spiro atoms. The average molecular weight is 178 g/mol. The van der Waals surface area contributed by atoms with Crippen molar-refractivity contribution < 1.29 is 9.18 Å². The van der Waals surface area contributed by atoms with E-state index in [0.717, 1.165) is 0 Å². The maximum absolute atomic E-state index is 13.3. The molecule has 13 heavy (non-hydrogen) atoms. The Morgan fingerprint density at radius 3 is 2.69 bits per heavy atom. The largest absolute Gasteiger partial charge is 0.294 e. The molecule has 0 saturated heterocycles. The Hall–Kier alpha value is -1.18. The van der Waals surface area contributed by atoms with E-state index in [2.05, 4.69) is 0 Å². The number of fused-ring (bicyclic) bond motifs is 1. The third-order valence-electron chi connectivity index (χ3n) is 2.60. The van der Waals surface area contributed by atoms with Crippen LogP contribution in [0.15, 0.2) is 18.2 Å². The van der Waals surface area contributed by atoms with E-state index in [9.17, 15) is 9.18 Å². The van der Waals surface area contributed by atoms with Crippen LogP contribution in [-0.2, 0) is 6.42 Å². The molecule has 0 heterocycles. The fourth-order valence-electron chi connectivity index (χ4n) is 1.84. The quantitative estimate of drug-likeness (QED) is 0.596. The molecule has 0 saturated carbocycles. The van der Waals surface area contributed by atoms with E-state index in [1.165, 1.54) is 6.07 Å². The Kier molecular flexibility index (Phi) is 1.56. The molecule has 2 rings (SSSR count). The Morgan fingerprint density at radius 2 is 2.08 bits per heavy atom. The molecular weight excluding hydrogens is 167 g/mol. The van der Waals surface area contributed by atoms with E-state index < -0.39 is 5.41 Å². The summed E-state index contributed by atoms with van der Waals surface area (Å²) in [5.41, 5.74) is 0.715. The van der Waals surface area contributed by atoms with Crippen molar-refractivity contribution in [3.63, 3.8) is 0 Å². The van der Waals surface area contributed by atoms with E-state index in [4.69, 9.17) is 0 Å². The molecule has 0 bridgehead atoms. The summed E-state index contributed by atoms with van der Waals surface area (Å²) in [5, 5.41) is 0. The summed E-state index contributed by atoms with van der Waals surface area (Å²) in [6, 6.07) is 4.70. The van der Waals surface area contributed by atoms with E-state index in [1.807, 2.05) is 13.8 Å². The van der Waals surface area contributed by atoms with Gasteiger partial charge >= 0.3 is 0 Å². The summed E-state index contributed by atoms with van der Waals surface area (Å²) >= 11 is 0. The molecule has 0 atom stereocenters. The van der Waals surface area contributed by atoms with Gasteiger partial charge in [-0.3, -0.25) is 4.79 Å². The zero-order valence-corrected chi connectivity index (χ0v) is 7.73. The van der Waals surface area contributed by atoms with Crippen LogP contribution >= 0.6 is 0 Å². The van der Waals surface area contributed by atoms with Gasteiger partial charge in [0.15, 0.2) is 5.78 Å². The zero-order chi connectivity index (χ0) is 9.64. The molecule has 0 N–H and O–H groups in total. The molecular formula is C11H11FO. The van der Waals surface area contributed by atoms with Crippen LogP contribution in [0, 0.1) is 11.2 Å². The van der Waals surface area contributed by atoms with Crippen LogP contribution in [0.3, 0.4) is 0 Å². The van der Waals surface area contributed by atoms with Crippen LogP contribution in [0.25, 0.3) is 0 Å². The second-order valence-electron chi connectivity index (χ2n) is 4.16. The van der Waals surface area contributed by atoms with Crippen molar-refractivity contribution in [2.45, 2.75) is 20.3 Å². The van der Waals surface area contributed by atoms with Crippen LogP contribution in [0.1, 0.15) is 29.8 Å². The molecule has 1 nitrogen and oxygen atoms in total. The molecule has 1 aromatic carbocycles. The molecule has 0 radical (unpaired) electrons. The van der Waals surface area contributed by atoms with Crippen LogP contribution in [0.4, 0.5) is 4.39 Å². The summed E-state index contributed by atoms with van der Waals surface area (Å²) in [5.74, 6) is -0.196. The van der Waals surface area contributed by atoms with Crippen molar-refractivity contribution in [1.29, 1.82) is 0 Å². The van der Waals surface area contributed by atoms with Gasteiger partial charge in [0.2, 0.25) is 0 Å². The van der Waals surface area contributed by atoms with E-state index in [0.29, 0.717) is 17.5 Å². The lowest BCUT2D eigenvalue weighted by molar-refractivity contribution is 0.0863. The van der Waals surface area contributed by atoms with Crippen LogP contribution in [-0.4, -0.2) is 5.78 Å². The molecule has 1 aromatic rings. The number of carbonyl (C=O) groups excluding carboxylic acids is 1. The van der Waals surface area contributed by atoms with Crippen LogP contribution in [0.2, 0.25) is 0 Å². The van der Waals surface area contributed by atoms with Crippen molar-refractivity contribution in [1.82, 2.24) is 0 Å². The van der Waals surface area contributed by atoms with E-state index in [1.54, 1.807) is 12.1 Å². The number of Topliss-reactive ketones (excluding diaryl/α,β-unsaturated/α-hetero) is 1. The molecule has 68 valence electrons. The van der Waals surface area contributed by atoms with Crippen molar-refractivity contribution >= 4 is 5.78 Å². The predicted octanol–water partition coefficient (Wildman–Crippen LogP) is 2.59. The summed E-state index contributed by atoms with van der Waals surface area (Å²) in [7, 11) is 0. The predicted molar refractivity (Wildman–Crippen MR) is 48.2 cm³/mol. The number of ketones is 1. The molecule has 0 fully saturated rings. The molecule has 0 amide bonds. The highest BCUT2D eigenvalue weighted by molar-refractivity contribution is 6.04. The van der Waals surface area contributed by atoms with E-state index in [-0.39, 0.29) is 11.6 Å². The summed E-state index contributed by atoms with van der Waals surface area (Å²) in [6.07, 6.45) is 0.522. The first-order chi connectivity index (χ1) is 6.02. The standard InChI is InChI=1S/C11H11FO/c1-11(2)6-8-7(10(11)13)4-3-5-9(8)12/h3-5H,6H2,1-2H3. The van der Waals surface area contributed by atoms with Crippen molar-refractivity contribution in [2.75, 3.05) is 0 Å². The number of hydrogen-bond donors (Lipinski definition) is 0. The number of halogens is 1. The van der Waals surface area contributed by atoms with Crippen molar-refractivity contribution in [3.8, 4) is 0 Å². The maximum Gasteiger partial charge on any atom is 0.169 e. The average Bonchev–Trinajstić information content (AvgIpc) is 2.28. The van der Waals surface area contributed by atoms with Gasteiger partial charge in [0.25, 0.3) is 0 Å². The molecule has 0 aliphatic heterocycles. The number of carbonyl (C=O) groups is 1. The van der Waals surface area contributed by atoms with Gasteiger partial charge in [-0.05, 0) is 18.1 Å². The lowest BCUT2D eigenvalue weighted by Gasteiger charge is -2.12. The fourth-order valence-corrected chi connectivity index (χ4v) is 1.84. The van der Waals surface area contributed by atoms with E-state index >= 15 is 0 Å². The first-order valence-electron chi connectivity index (χ1n) is 4.34. The van der Waals surface area contributed by atoms with Gasteiger partial charge in [0.1, 0.15) is 5.82 Å². The summed E-state index contributed by atoms with van der Waals surface area (Å²) in [6.45, 7) is 3.71. The first kappa shape index (κ1) is 8.42. The Morgan fingerprint density at radius 1 is 1.38 bits per heavy atom. The minimum atomic E-state index is -0.426. The highest BCUT2D eigenvalue weighted by Gasteiger charge is 2.38. The number of benzene rings is 1. The minimum Gasteiger partial charge on any atom is -0.294 e. The normalized spacial score (nSPS) is 18.8. The monoisotopic (exact) mass is 178 g/mol. The molecule has 1 aliphatic rings. The Labute approximate surface area is 76.6 Å². The summed E-state index contributed by atoms with van der Waals surface area (Å²) < 4.78 is 13.3. The molecule has 0 unspecified atom stereocenters. The molecule has 0 aromatic heterocycles. The summed E-state index contributed by atoms with van der Waals surface area (Å²) in [4.78, 5) is 11.7. The van der Waals surface area contributed by atoms with Gasteiger partial charge in [-0.25, -0.2) is 4.39 Å². The molecule has 2 heteroatoms. The van der Waals surface area contributed by atoms with Crippen molar-refractivity contribution in [3.05, 3.63) is 35.1 Å². The Bertz CT molecular complexity index is 380. The third-order valence-corrected chi connectivity index (χ3v) is 2.60. The minimum absolute atomic E-state index is 0.0574. The highest BCUT2D eigenvalue weighted by atomic mass is 19.1. The van der Waals surface area contributed by atoms with Crippen LogP contribution in [0.5, 0.6) is 0 Å². The van der Waals surface area contributed by atoms with Crippen molar-refractivity contribution in [2.24, 2.45) is 5.41 Å². The highest BCUT2D eigenvalue weighted by Crippen LogP contribution is 2.36. The lowest BCUT2D eigenvalue weighted by Crippen LogP contribution is -2.18. The number of rotatable bonds is 0. The number of hydrogen-bond acceptors (Lipinski definition) is 1. The first-order valence-corrected chi connectivity index (χ1v) is 4.34. The fraction of sp³-hybridized carbons (Fsp3) is 0.364. The maximum atomic E-state index is 13.3. The van der Waals surface area contributed by atoms with Gasteiger partial charge in [0, 0.05) is 11.0 Å². The Balaban J connectivity index is 2.63. The van der Waals surface area contributed by atoms with Crippen LogP contribution < -0.4 is 0 Å². The lowest BCUT2D eigenvalue weighted by atomic mass is 9.89. The van der Waals surface area contributed by atoms with Gasteiger partial charge in [-0.1, -0.05) is 26.0 Å². The second-order valence-corrected chi connectivity index (χ2v) is 4.16. The SMILES string of the molecule is CC1(C)Cc2c(F)cccc2C1=O. The van der Waals surface area contributed by atoms with Gasteiger partial charge < -0.3 is 0 Å². The van der Waals surface area contributed by atoms with Gasteiger partial charge in [-0.2, -0.15) is 0 Å². The smallest absolute Gasteiger partial charge is 0.169 e. The van der Waals surface area contributed by atoms with Gasteiger partial charge in [-0.15, -0.1) is 0 Å². The molecule has 1 aliphatic carbocycles. The second kappa shape index (κ2) is 2.41. The zero-order valence-electron chi connectivity index (χ0n) is 7.73.